The fourth-order valence-electron chi connectivity index (χ4n) is 4.49. The fourth-order valence-corrected chi connectivity index (χ4v) is 4.49. The molecule has 5 nitrogen and oxygen atoms in total. The zero-order valence-corrected chi connectivity index (χ0v) is 14.9. The predicted octanol–water partition coefficient (Wildman–Crippen LogP) is 2.06. The summed E-state index contributed by atoms with van der Waals surface area (Å²) in [5.41, 5.74) is 0. The van der Waals surface area contributed by atoms with E-state index in [2.05, 4.69) is 15.5 Å². The highest BCUT2D eigenvalue weighted by atomic mass is 16.2. The molecule has 0 aromatic rings. The quantitative estimate of drug-likeness (QED) is 0.773. The molecule has 3 aliphatic rings. The van der Waals surface area contributed by atoms with Crippen molar-refractivity contribution in [3.63, 3.8) is 0 Å². The standard InChI is InChI=1S/C19H33N3O2/c23-18(17-10-5-11-20-17)21-13-15-7-6-12-22(14-15)19(24)16-8-3-1-2-4-9-16/h15-17,20H,1-14H2,(H,21,23). The predicted molar refractivity (Wildman–Crippen MR) is 94.5 cm³/mol. The third-order valence-corrected chi connectivity index (χ3v) is 5.98. The molecule has 0 aromatic carbocycles. The Morgan fingerprint density at radius 2 is 1.75 bits per heavy atom. The largest absolute Gasteiger partial charge is 0.354 e. The van der Waals surface area contributed by atoms with Gasteiger partial charge in [0.2, 0.25) is 11.8 Å². The molecular weight excluding hydrogens is 302 g/mol. The van der Waals surface area contributed by atoms with E-state index < -0.39 is 0 Å². The van der Waals surface area contributed by atoms with Crippen LogP contribution >= 0.6 is 0 Å². The van der Waals surface area contributed by atoms with Crippen LogP contribution in [0.5, 0.6) is 0 Å². The highest BCUT2D eigenvalue weighted by Gasteiger charge is 2.30. The van der Waals surface area contributed by atoms with Gasteiger partial charge in [0.15, 0.2) is 0 Å². The van der Waals surface area contributed by atoms with Gasteiger partial charge in [0, 0.05) is 25.6 Å². The molecule has 1 aliphatic carbocycles. The molecule has 0 spiro atoms. The van der Waals surface area contributed by atoms with Gasteiger partial charge in [-0.25, -0.2) is 0 Å². The summed E-state index contributed by atoms with van der Waals surface area (Å²) < 4.78 is 0. The minimum atomic E-state index is -0.00249. The third kappa shape index (κ3) is 4.71. The second-order valence-corrected chi connectivity index (χ2v) is 7.88. The maximum atomic E-state index is 12.8. The van der Waals surface area contributed by atoms with Crippen molar-refractivity contribution >= 4 is 11.8 Å². The van der Waals surface area contributed by atoms with Gasteiger partial charge in [0.25, 0.3) is 0 Å². The van der Waals surface area contributed by atoms with Gasteiger partial charge in [0.05, 0.1) is 6.04 Å². The average molecular weight is 335 g/mol. The molecule has 1 saturated carbocycles. The second-order valence-electron chi connectivity index (χ2n) is 7.88. The van der Waals surface area contributed by atoms with Gasteiger partial charge in [-0.3, -0.25) is 9.59 Å². The molecule has 2 aliphatic heterocycles. The molecule has 2 heterocycles. The Morgan fingerprint density at radius 1 is 0.958 bits per heavy atom. The van der Waals surface area contributed by atoms with Crippen molar-refractivity contribution in [1.29, 1.82) is 0 Å². The van der Waals surface area contributed by atoms with E-state index in [4.69, 9.17) is 0 Å². The minimum Gasteiger partial charge on any atom is -0.354 e. The van der Waals surface area contributed by atoms with E-state index in [9.17, 15) is 9.59 Å². The van der Waals surface area contributed by atoms with Gasteiger partial charge < -0.3 is 15.5 Å². The first-order chi connectivity index (χ1) is 11.7. The number of hydrogen-bond donors (Lipinski definition) is 2. The third-order valence-electron chi connectivity index (χ3n) is 5.98. The topological polar surface area (TPSA) is 61.4 Å². The van der Waals surface area contributed by atoms with Crippen LogP contribution in [-0.4, -0.2) is 48.9 Å². The first kappa shape index (κ1) is 17.7. The van der Waals surface area contributed by atoms with Gasteiger partial charge in [-0.05, 0) is 51.0 Å². The molecule has 136 valence electrons. The van der Waals surface area contributed by atoms with Crippen molar-refractivity contribution in [2.75, 3.05) is 26.2 Å². The monoisotopic (exact) mass is 335 g/mol. The van der Waals surface area contributed by atoms with Crippen LogP contribution in [0.15, 0.2) is 0 Å². The lowest BCUT2D eigenvalue weighted by Crippen LogP contribution is -2.47. The molecule has 2 unspecified atom stereocenters. The van der Waals surface area contributed by atoms with Crippen LogP contribution < -0.4 is 10.6 Å². The number of nitrogens with one attached hydrogen (secondary N) is 2. The van der Waals surface area contributed by atoms with Gasteiger partial charge in [0.1, 0.15) is 0 Å². The van der Waals surface area contributed by atoms with Crippen molar-refractivity contribution in [1.82, 2.24) is 15.5 Å². The van der Waals surface area contributed by atoms with Crippen LogP contribution in [0, 0.1) is 11.8 Å². The van der Waals surface area contributed by atoms with E-state index in [1.165, 1.54) is 25.7 Å². The second kappa shape index (κ2) is 8.84. The Balaban J connectivity index is 1.44. The zero-order valence-electron chi connectivity index (χ0n) is 14.9. The Hall–Kier alpha value is -1.10. The van der Waals surface area contributed by atoms with E-state index in [-0.39, 0.29) is 17.9 Å². The number of piperidine rings is 1. The SMILES string of the molecule is O=C(NCC1CCCN(C(=O)C2CCCCCC2)C1)C1CCCN1. The highest BCUT2D eigenvalue weighted by Crippen LogP contribution is 2.26. The van der Waals surface area contributed by atoms with Crippen LogP contribution in [-0.2, 0) is 9.59 Å². The molecule has 5 heteroatoms. The Kier molecular flexibility index (Phi) is 6.52. The Morgan fingerprint density at radius 3 is 2.46 bits per heavy atom. The van der Waals surface area contributed by atoms with Crippen molar-refractivity contribution in [3.8, 4) is 0 Å². The van der Waals surface area contributed by atoms with E-state index >= 15 is 0 Å². The van der Waals surface area contributed by atoms with E-state index in [1.807, 2.05) is 0 Å². The molecule has 3 rings (SSSR count). The van der Waals surface area contributed by atoms with Gasteiger partial charge in [-0.1, -0.05) is 25.7 Å². The first-order valence-corrected chi connectivity index (χ1v) is 10.0. The molecule has 3 fully saturated rings. The molecule has 24 heavy (non-hydrogen) atoms. The van der Waals surface area contributed by atoms with Crippen LogP contribution in [0.25, 0.3) is 0 Å². The summed E-state index contributed by atoms with van der Waals surface area (Å²) in [5, 5.41) is 6.35. The summed E-state index contributed by atoms with van der Waals surface area (Å²) in [7, 11) is 0. The lowest BCUT2D eigenvalue weighted by atomic mass is 9.93. The maximum Gasteiger partial charge on any atom is 0.237 e. The molecule has 0 radical (unpaired) electrons. The number of amides is 2. The van der Waals surface area contributed by atoms with Crippen molar-refractivity contribution in [2.24, 2.45) is 11.8 Å². The lowest BCUT2D eigenvalue weighted by Gasteiger charge is -2.35. The summed E-state index contributed by atoms with van der Waals surface area (Å²) in [6.45, 7) is 3.40. The Labute approximate surface area is 145 Å². The molecular formula is C19H33N3O2. The lowest BCUT2D eigenvalue weighted by molar-refractivity contribution is -0.137. The van der Waals surface area contributed by atoms with Crippen molar-refractivity contribution in [3.05, 3.63) is 0 Å². The maximum absolute atomic E-state index is 12.8. The van der Waals surface area contributed by atoms with Crippen molar-refractivity contribution in [2.45, 2.75) is 70.3 Å². The molecule has 2 saturated heterocycles. The molecule has 2 amide bonds. The van der Waals surface area contributed by atoms with E-state index in [1.54, 1.807) is 0 Å². The van der Waals surface area contributed by atoms with E-state index in [0.29, 0.717) is 18.4 Å². The van der Waals surface area contributed by atoms with E-state index in [0.717, 1.165) is 58.2 Å². The average Bonchev–Trinajstić information content (AvgIpc) is 3.02. The molecule has 2 atom stereocenters. The summed E-state index contributed by atoms with van der Waals surface area (Å²) in [4.78, 5) is 27.0. The number of hydrogen-bond acceptors (Lipinski definition) is 3. The smallest absolute Gasteiger partial charge is 0.237 e. The van der Waals surface area contributed by atoms with Crippen LogP contribution in [0.3, 0.4) is 0 Å². The number of likely N-dealkylation sites (tertiary alicyclic amines) is 1. The van der Waals surface area contributed by atoms with Gasteiger partial charge >= 0.3 is 0 Å². The van der Waals surface area contributed by atoms with Gasteiger partial charge in [-0.15, -0.1) is 0 Å². The van der Waals surface area contributed by atoms with Crippen LogP contribution in [0.4, 0.5) is 0 Å². The van der Waals surface area contributed by atoms with Crippen LogP contribution in [0.1, 0.15) is 64.2 Å². The minimum absolute atomic E-state index is 0.00249. The zero-order chi connectivity index (χ0) is 16.8. The summed E-state index contributed by atoms with van der Waals surface area (Å²) >= 11 is 0. The number of carbonyl (C=O) groups excluding carboxylic acids is 2. The van der Waals surface area contributed by atoms with Crippen LogP contribution in [0.2, 0.25) is 0 Å². The molecule has 2 N–H and O–H groups in total. The molecule has 0 aromatic heterocycles. The summed E-state index contributed by atoms with van der Waals surface area (Å²) in [5.74, 6) is 1.19. The van der Waals surface area contributed by atoms with Crippen molar-refractivity contribution < 1.29 is 9.59 Å². The normalized spacial score (nSPS) is 29.2. The summed E-state index contributed by atoms with van der Waals surface area (Å²) in [6, 6.07) is -0.00249. The number of nitrogens with zero attached hydrogens (tertiary/aromatic N) is 1. The first-order valence-electron chi connectivity index (χ1n) is 10.0. The Bertz CT molecular complexity index is 426. The fraction of sp³-hybridized carbons (Fsp3) is 0.895. The van der Waals surface area contributed by atoms with Gasteiger partial charge in [-0.2, -0.15) is 0 Å². The highest BCUT2D eigenvalue weighted by molar-refractivity contribution is 5.82. The number of carbonyl (C=O) groups is 2. The number of rotatable bonds is 4. The molecule has 0 bridgehead atoms. The summed E-state index contributed by atoms with van der Waals surface area (Å²) in [6.07, 6.45) is 11.4.